The van der Waals surface area contributed by atoms with E-state index in [1.165, 1.54) is 18.3 Å². The lowest BCUT2D eigenvalue weighted by Gasteiger charge is -2.13. The van der Waals surface area contributed by atoms with Gasteiger partial charge in [-0.25, -0.2) is 9.37 Å². The van der Waals surface area contributed by atoms with Crippen LogP contribution in [0.3, 0.4) is 0 Å². The lowest BCUT2D eigenvalue weighted by atomic mass is 10.1. The van der Waals surface area contributed by atoms with Gasteiger partial charge < -0.3 is 10.6 Å². The van der Waals surface area contributed by atoms with Gasteiger partial charge in [-0.3, -0.25) is 19.3 Å². The van der Waals surface area contributed by atoms with Crippen LogP contribution < -0.4 is 10.6 Å². The van der Waals surface area contributed by atoms with Gasteiger partial charge in [0, 0.05) is 18.9 Å². The molecule has 9 heteroatoms. The summed E-state index contributed by atoms with van der Waals surface area (Å²) in [6.07, 6.45) is 1.50. The van der Waals surface area contributed by atoms with Crippen molar-refractivity contribution in [3.63, 3.8) is 0 Å². The van der Waals surface area contributed by atoms with Gasteiger partial charge in [0.15, 0.2) is 5.65 Å². The molecule has 0 aliphatic heterocycles. The van der Waals surface area contributed by atoms with Crippen molar-refractivity contribution >= 4 is 34.2 Å². The fourth-order valence-corrected chi connectivity index (χ4v) is 3.35. The molecule has 0 bridgehead atoms. The normalized spacial score (nSPS) is 10.8. The molecule has 0 unspecified atom stereocenters. The second-order valence-corrected chi connectivity index (χ2v) is 7.03. The molecule has 0 atom stereocenters. The van der Waals surface area contributed by atoms with E-state index in [9.17, 15) is 14.0 Å². The number of nitrogens with one attached hydrogen (secondary N) is 2. The molecule has 0 saturated heterocycles. The Bertz CT molecular complexity index is 1320. The number of fused-ring (bicyclic) bond motifs is 1. The lowest BCUT2D eigenvalue weighted by molar-refractivity contribution is 0.101. The van der Waals surface area contributed by atoms with E-state index >= 15 is 0 Å². The first kappa shape index (κ1) is 20.1. The quantitative estimate of drug-likeness (QED) is 0.527. The number of anilines is 2. The summed E-state index contributed by atoms with van der Waals surface area (Å²) < 4.78 is 15.6. The molecule has 4 rings (SSSR count). The van der Waals surface area contributed by atoms with E-state index in [1.807, 2.05) is 0 Å². The van der Waals surface area contributed by atoms with Crippen molar-refractivity contribution in [3.05, 3.63) is 77.1 Å². The minimum Gasteiger partial charge on any atom is -0.320 e. The highest BCUT2D eigenvalue weighted by Gasteiger charge is 2.19. The molecule has 2 N–H and O–H groups in total. The van der Waals surface area contributed by atoms with Crippen LogP contribution in [-0.4, -0.2) is 31.6 Å². The van der Waals surface area contributed by atoms with Gasteiger partial charge in [-0.1, -0.05) is 6.07 Å². The Morgan fingerprint density at radius 3 is 2.52 bits per heavy atom. The maximum Gasteiger partial charge on any atom is 0.274 e. The van der Waals surface area contributed by atoms with E-state index in [-0.39, 0.29) is 17.1 Å². The predicted octanol–water partition coefficient (Wildman–Crippen LogP) is 3.62. The first-order chi connectivity index (χ1) is 14.8. The van der Waals surface area contributed by atoms with Crippen LogP contribution in [0, 0.1) is 19.7 Å². The molecule has 2 amide bonds. The molecule has 3 heterocycles. The van der Waals surface area contributed by atoms with Gasteiger partial charge >= 0.3 is 0 Å². The Morgan fingerprint density at radius 1 is 1.00 bits per heavy atom. The molecule has 31 heavy (non-hydrogen) atoms. The van der Waals surface area contributed by atoms with Crippen molar-refractivity contribution in [2.75, 3.05) is 10.6 Å². The Kier molecular flexibility index (Phi) is 5.16. The summed E-state index contributed by atoms with van der Waals surface area (Å²) in [5.74, 6) is -1.50. The van der Waals surface area contributed by atoms with E-state index in [4.69, 9.17) is 0 Å². The zero-order valence-electron chi connectivity index (χ0n) is 17.1. The summed E-state index contributed by atoms with van der Waals surface area (Å²) in [6.45, 7) is 3.57. The van der Waals surface area contributed by atoms with Crippen LogP contribution in [0.25, 0.3) is 11.0 Å². The Labute approximate surface area is 177 Å². The number of halogens is 1. The molecule has 0 aliphatic carbocycles. The monoisotopic (exact) mass is 418 g/mol. The van der Waals surface area contributed by atoms with Gasteiger partial charge in [0.05, 0.1) is 28.0 Å². The van der Waals surface area contributed by atoms with Gasteiger partial charge in [-0.05, 0) is 50.2 Å². The predicted molar refractivity (Wildman–Crippen MR) is 115 cm³/mol. The van der Waals surface area contributed by atoms with Crippen molar-refractivity contribution in [1.29, 1.82) is 0 Å². The number of nitrogens with zero attached hydrogens (tertiary/aromatic N) is 4. The maximum atomic E-state index is 13.9. The molecular formula is C22H19FN6O2. The molecule has 156 valence electrons. The summed E-state index contributed by atoms with van der Waals surface area (Å²) in [5.41, 5.74) is 2.79. The smallest absolute Gasteiger partial charge is 0.274 e. The highest BCUT2D eigenvalue weighted by molar-refractivity contribution is 6.14. The first-order valence-corrected chi connectivity index (χ1v) is 9.47. The van der Waals surface area contributed by atoms with E-state index in [0.717, 1.165) is 6.07 Å². The highest BCUT2D eigenvalue weighted by Crippen LogP contribution is 2.27. The number of aromatic nitrogens is 4. The van der Waals surface area contributed by atoms with Crippen molar-refractivity contribution in [1.82, 2.24) is 19.7 Å². The number of hydrogen-bond donors (Lipinski definition) is 2. The molecule has 4 aromatic rings. The van der Waals surface area contributed by atoms with Crippen molar-refractivity contribution < 1.29 is 14.0 Å². The van der Waals surface area contributed by atoms with Crippen LogP contribution in [0.2, 0.25) is 0 Å². The Hall–Kier alpha value is -4.14. The number of hydrogen-bond acceptors (Lipinski definition) is 5. The summed E-state index contributed by atoms with van der Waals surface area (Å²) in [4.78, 5) is 34.1. The number of carbonyl (C=O) groups is 2. The average Bonchev–Trinajstić information content (AvgIpc) is 3.03. The highest BCUT2D eigenvalue weighted by atomic mass is 19.1. The molecule has 1 aromatic carbocycles. The van der Waals surface area contributed by atoms with Crippen LogP contribution >= 0.6 is 0 Å². The minimum absolute atomic E-state index is 0.124. The molecule has 3 aromatic heterocycles. The van der Waals surface area contributed by atoms with Crippen LogP contribution in [0.15, 0.2) is 48.7 Å². The molecule has 0 fully saturated rings. The zero-order valence-corrected chi connectivity index (χ0v) is 17.1. The van der Waals surface area contributed by atoms with E-state index in [2.05, 4.69) is 25.7 Å². The fraction of sp³-hybridized carbons (Fsp3) is 0.136. The number of rotatable bonds is 4. The van der Waals surface area contributed by atoms with Crippen molar-refractivity contribution in [2.45, 2.75) is 13.8 Å². The topological polar surface area (TPSA) is 102 Å². The van der Waals surface area contributed by atoms with E-state index in [0.29, 0.717) is 28.0 Å². The van der Waals surface area contributed by atoms with Crippen LogP contribution in [0.1, 0.15) is 32.2 Å². The first-order valence-electron chi connectivity index (χ1n) is 9.47. The molecule has 8 nitrogen and oxygen atoms in total. The molecule has 0 aliphatic rings. The van der Waals surface area contributed by atoms with Gasteiger partial charge in [0.1, 0.15) is 11.5 Å². The van der Waals surface area contributed by atoms with Crippen LogP contribution in [0.5, 0.6) is 0 Å². The molecular weight excluding hydrogens is 399 g/mol. The van der Waals surface area contributed by atoms with Crippen molar-refractivity contribution in [2.24, 2.45) is 7.05 Å². The summed E-state index contributed by atoms with van der Waals surface area (Å²) >= 11 is 0. The number of pyridine rings is 2. The Balaban J connectivity index is 1.69. The molecule has 0 saturated carbocycles. The van der Waals surface area contributed by atoms with Gasteiger partial charge in [0.2, 0.25) is 0 Å². The van der Waals surface area contributed by atoms with E-state index < -0.39 is 17.6 Å². The third-order valence-corrected chi connectivity index (χ3v) is 4.72. The minimum atomic E-state index is -0.556. The summed E-state index contributed by atoms with van der Waals surface area (Å²) in [5, 5.41) is 10.3. The number of amides is 2. The SMILES string of the molecule is Cc1cc(C(=O)Nc2cc(F)ccc2NC(=O)c2ccccn2)c2c(C)nn(C)c2n1. The lowest BCUT2D eigenvalue weighted by Crippen LogP contribution is -2.18. The van der Waals surface area contributed by atoms with Gasteiger partial charge in [-0.2, -0.15) is 5.10 Å². The van der Waals surface area contributed by atoms with Gasteiger partial charge in [-0.15, -0.1) is 0 Å². The molecule has 0 spiro atoms. The number of benzene rings is 1. The third-order valence-electron chi connectivity index (χ3n) is 4.72. The Morgan fingerprint density at radius 2 is 1.77 bits per heavy atom. The van der Waals surface area contributed by atoms with Crippen molar-refractivity contribution in [3.8, 4) is 0 Å². The zero-order chi connectivity index (χ0) is 22.1. The van der Waals surface area contributed by atoms with Crippen LogP contribution in [-0.2, 0) is 7.05 Å². The second kappa shape index (κ2) is 7.94. The fourth-order valence-electron chi connectivity index (χ4n) is 3.35. The number of carbonyl (C=O) groups excluding carboxylic acids is 2. The average molecular weight is 418 g/mol. The van der Waals surface area contributed by atoms with Crippen LogP contribution in [0.4, 0.5) is 15.8 Å². The van der Waals surface area contributed by atoms with E-state index in [1.54, 1.807) is 49.8 Å². The number of aryl methyl sites for hydroxylation is 3. The van der Waals surface area contributed by atoms with Gasteiger partial charge in [0.25, 0.3) is 11.8 Å². The summed E-state index contributed by atoms with van der Waals surface area (Å²) in [6, 6.07) is 10.3. The maximum absolute atomic E-state index is 13.9. The second-order valence-electron chi connectivity index (χ2n) is 7.03. The largest absolute Gasteiger partial charge is 0.320 e. The summed E-state index contributed by atoms with van der Waals surface area (Å²) in [7, 11) is 1.75. The third kappa shape index (κ3) is 3.97. The standard InChI is InChI=1S/C22H19FN6O2/c1-12-10-15(19-13(2)28-29(3)20(19)25-12)21(30)27-18-11-14(23)7-8-16(18)26-22(31)17-6-4-5-9-24-17/h4-11H,1-3H3,(H,26,31)(H,27,30). The molecule has 0 radical (unpaired) electrons.